The number of amides is 1. The van der Waals surface area contributed by atoms with E-state index in [0.717, 1.165) is 11.3 Å². The van der Waals surface area contributed by atoms with Gasteiger partial charge in [-0.3, -0.25) is 4.79 Å². The lowest BCUT2D eigenvalue weighted by Crippen LogP contribution is -2.33. The first-order valence-electron chi connectivity index (χ1n) is 5.18. The first-order valence-corrected chi connectivity index (χ1v) is 6.00. The van der Waals surface area contributed by atoms with Crippen LogP contribution < -0.4 is 0 Å². The highest BCUT2D eigenvalue weighted by Gasteiger charge is 2.17. The predicted octanol–water partition coefficient (Wildman–Crippen LogP) is 1.33. The molecular weight excluding hydrogens is 224 g/mol. The zero-order valence-electron chi connectivity index (χ0n) is 9.35. The summed E-state index contributed by atoms with van der Waals surface area (Å²) in [6.45, 7) is 6.30. The third kappa shape index (κ3) is 3.15. The molecule has 1 aromatic heterocycles. The minimum atomic E-state index is -0.140. The number of hydrogen-bond acceptors (Lipinski definition) is 4. The molecule has 1 aromatic rings. The van der Waals surface area contributed by atoms with Crippen molar-refractivity contribution in [3.05, 3.63) is 28.7 Å². The Morgan fingerprint density at radius 1 is 1.75 bits per heavy atom. The van der Waals surface area contributed by atoms with Gasteiger partial charge < -0.3 is 10.0 Å². The summed E-state index contributed by atoms with van der Waals surface area (Å²) in [6.07, 6.45) is 4.25. The average Bonchev–Trinajstić information content (AvgIpc) is 2.76. The van der Waals surface area contributed by atoms with E-state index in [1.165, 1.54) is 16.2 Å². The Hall–Kier alpha value is -1.20. The summed E-state index contributed by atoms with van der Waals surface area (Å²) in [4.78, 5) is 18.7. The molecule has 1 N–H and O–H groups in total. The van der Waals surface area contributed by atoms with Gasteiger partial charge in [0.15, 0.2) is 5.01 Å². The zero-order chi connectivity index (χ0) is 12.0. The lowest BCUT2D eigenvalue weighted by molar-refractivity contribution is 0.0742. The summed E-state index contributed by atoms with van der Waals surface area (Å²) in [5.41, 5.74) is 0. The molecule has 0 saturated heterocycles. The number of aliphatic hydroxyl groups is 1. The maximum absolute atomic E-state index is 12.0. The molecule has 0 aliphatic heterocycles. The van der Waals surface area contributed by atoms with Gasteiger partial charge in [0.05, 0.1) is 6.61 Å². The van der Waals surface area contributed by atoms with Crippen molar-refractivity contribution in [1.82, 2.24) is 9.88 Å². The van der Waals surface area contributed by atoms with Crippen molar-refractivity contribution in [2.75, 3.05) is 19.7 Å². The van der Waals surface area contributed by atoms with Gasteiger partial charge >= 0.3 is 0 Å². The Bertz CT molecular complexity index is 363. The number of aryl methyl sites for hydroxylation is 1. The molecule has 5 heteroatoms. The molecule has 0 bridgehead atoms. The highest BCUT2D eigenvalue weighted by atomic mass is 32.1. The van der Waals surface area contributed by atoms with E-state index < -0.39 is 0 Å². The van der Waals surface area contributed by atoms with E-state index in [1.807, 2.05) is 6.92 Å². The van der Waals surface area contributed by atoms with Gasteiger partial charge in [0, 0.05) is 24.2 Å². The molecule has 16 heavy (non-hydrogen) atoms. The zero-order valence-corrected chi connectivity index (χ0v) is 10.2. The Labute approximate surface area is 99.2 Å². The molecule has 0 fully saturated rings. The van der Waals surface area contributed by atoms with E-state index in [1.54, 1.807) is 12.3 Å². The molecule has 0 unspecified atom stereocenters. The van der Waals surface area contributed by atoms with Crippen molar-refractivity contribution in [1.29, 1.82) is 0 Å². The maximum Gasteiger partial charge on any atom is 0.283 e. The molecular formula is C11H16N2O2S. The monoisotopic (exact) mass is 240 g/mol. The summed E-state index contributed by atoms with van der Waals surface area (Å²) < 4.78 is 0. The quantitative estimate of drug-likeness (QED) is 0.763. The normalized spacial score (nSPS) is 10.1. The standard InChI is InChI=1S/C11H16N2O2S/c1-3-5-13(6-7-14)11(15)10-12-8-9(4-2)16-10/h3,8,14H,1,4-7H2,2H3. The van der Waals surface area contributed by atoms with Crippen LogP contribution in [0, 0.1) is 0 Å². The lowest BCUT2D eigenvalue weighted by Gasteiger charge is -2.18. The van der Waals surface area contributed by atoms with Crippen LogP contribution in [0.4, 0.5) is 0 Å². The Kier molecular flexibility index (Phi) is 5.14. The van der Waals surface area contributed by atoms with Crippen LogP contribution in [0.25, 0.3) is 0 Å². The van der Waals surface area contributed by atoms with Gasteiger partial charge in [0.2, 0.25) is 0 Å². The molecule has 0 atom stereocenters. The highest BCUT2D eigenvalue weighted by Crippen LogP contribution is 2.15. The van der Waals surface area contributed by atoms with Crippen molar-refractivity contribution in [2.45, 2.75) is 13.3 Å². The molecule has 0 spiro atoms. The van der Waals surface area contributed by atoms with Crippen LogP contribution >= 0.6 is 11.3 Å². The van der Waals surface area contributed by atoms with E-state index >= 15 is 0 Å². The van der Waals surface area contributed by atoms with Gasteiger partial charge in [-0.1, -0.05) is 13.0 Å². The van der Waals surface area contributed by atoms with Crippen molar-refractivity contribution >= 4 is 17.2 Å². The summed E-state index contributed by atoms with van der Waals surface area (Å²) in [6, 6.07) is 0. The van der Waals surface area contributed by atoms with Crippen molar-refractivity contribution in [3.8, 4) is 0 Å². The van der Waals surface area contributed by atoms with Crippen LogP contribution in [-0.4, -0.2) is 40.6 Å². The number of carbonyl (C=O) groups is 1. The number of aromatic nitrogens is 1. The van der Waals surface area contributed by atoms with Gasteiger partial charge in [0.1, 0.15) is 0 Å². The highest BCUT2D eigenvalue weighted by molar-refractivity contribution is 7.13. The molecule has 1 heterocycles. The first kappa shape index (κ1) is 12.9. The largest absolute Gasteiger partial charge is 0.395 e. The minimum absolute atomic E-state index is 0.0500. The first-order chi connectivity index (χ1) is 7.72. The van der Waals surface area contributed by atoms with Crippen molar-refractivity contribution in [3.63, 3.8) is 0 Å². The van der Waals surface area contributed by atoms with E-state index in [0.29, 0.717) is 18.1 Å². The van der Waals surface area contributed by atoms with Crippen LogP contribution in [0.3, 0.4) is 0 Å². The number of thiazole rings is 1. The fraction of sp³-hybridized carbons (Fsp3) is 0.455. The smallest absolute Gasteiger partial charge is 0.283 e. The number of hydrogen-bond donors (Lipinski definition) is 1. The molecule has 0 aromatic carbocycles. The fourth-order valence-corrected chi connectivity index (χ4v) is 2.08. The number of carbonyl (C=O) groups excluding carboxylic acids is 1. The Morgan fingerprint density at radius 3 is 3.00 bits per heavy atom. The number of rotatable bonds is 6. The Balaban J connectivity index is 2.76. The Morgan fingerprint density at radius 2 is 2.50 bits per heavy atom. The summed E-state index contributed by atoms with van der Waals surface area (Å²) >= 11 is 1.40. The second-order valence-electron chi connectivity index (χ2n) is 3.25. The van der Waals surface area contributed by atoms with Crippen LogP contribution in [0.5, 0.6) is 0 Å². The van der Waals surface area contributed by atoms with Crippen LogP contribution in [0.15, 0.2) is 18.9 Å². The van der Waals surface area contributed by atoms with Crippen LogP contribution in [0.2, 0.25) is 0 Å². The fourth-order valence-electron chi connectivity index (χ4n) is 1.26. The second-order valence-corrected chi connectivity index (χ2v) is 4.36. The van der Waals surface area contributed by atoms with Crippen LogP contribution in [-0.2, 0) is 6.42 Å². The van der Waals surface area contributed by atoms with E-state index in [-0.39, 0.29) is 12.5 Å². The molecule has 0 aliphatic rings. The van der Waals surface area contributed by atoms with Crippen LogP contribution in [0.1, 0.15) is 21.6 Å². The molecule has 0 aliphatic carbocycles. The van der Waals surface area contributed by atoms with E-state index in [4.69, 9.17) is 5.11 Å². The molecule has 1 rings (SSSR count). The predicted molar refractivity (Wildman–Crippen MR) is 64.7 cm³/mol. The lowest BCUT2D eigenvalue weighted by atomic mass is 10.4. The van der Waals surface area contributed by atoms with E-state index in [2.05, 4.69) is 11.6 Å². The molecule has 1 amide bonds. The van der Waals surface area contributed by atoms with Gasteiger partial charge in [-0.25, -0.2) is 4.98 Å². The molecule has 88 valence electrons. The average molecular weight is 240 g/mol. The maximum atomic E-state index is 12.0. The summed E-state index contributed by atoms with van der Waals surface area (Å²) in [5.74, 6) is -0.140. The summed E-state index contributed by atoms with van der Waals surface area (Å²) in [7, 11) is 0. The molecule has 0 saturated carbocycles. The van der Waals surface area contributed by atoms with Crippen molar-refractivity contribution < 1.29 is 9.90 Å². The SMILES string of the molecule is C=CCN(CCO)C(=O)c1ncc(CC)s1. The third-order valence-corrected chi connectivity index (χ3v) is 3.22. The van der Waals surface area contributed by atoms with Gasteiger partial charge in [-0.15, -0.1) is 17.9 Å². The van der Waals surface area contributed by atoms with Gasteiger partial charge in [-0.2, -0.15) is 0 Å². The molecule has 0 radical (unpaired) electrons. The van der Waals surface area contributed by atoms with Crippen molar-refractivity contribution in [2.24, 2.45) is 0 Å². The number of nitrogens with zero attached hydrogens (tertiary/aromatic N) is 2. The number of aliphatic hydroxyl groups excluding tert-OH is 1. The van der Waals surface area contributed by atoms with Gasteiger partial charge in [0.25, 0.3) is 5.91 Å². The van der Waals surface area contributed by atoms with Gasteiger partial charge in [-0.05, 0) is 6.42 Å². The third-order valence-electron chi connectivity index (χ3n) is 2.09. The summed E-state index contributed by atoms with van der Waals surface area (Å²) in [5, 5.41) is 9.34. The minimum Gasteiger partial charge on any atom is -0.395 e. The molecule has 4 nitrogen and oxygen atoms in total. The topological polar surface area (TPSA) is 53.4 Å². The second kappa shape index (κ2) is 6.40. The van der Waals surface area contributed by atoms with E-state index in [9.17, 15) is 4.79 Å².